The van der Waals surface area contributed by atoms with Gasteiger partial charge in [0.1, 0.15) is 0 Å². The number of nitrogens with zero attached hydrogens (tertiary/aromatic N) is 1. The summed E-state index contributed by atoms with van der Waals surface area (Å²) in [6, 6.07) is 4.11. The molecule has 0 radical (unpaired) electrons. The number of carboxylic acids is 1. The molecular formula is C7H4BrNO5. The summed E-state index contributed by atoms with van der Waals surface area (Å²) in [4.78, 5) is 24.8. The second kappa shape index (κ2) is 4.05. The highest BCUT2D eigenvalue weighted by Crippen LogP contribution is 2.28. The van der Waals surface area contributed by atoms with E-state index in [1.807, 2.05) is 0 Å². The third-order valence-corrected chi connectivity index (χ3v) is 1.99. The Morgan fingerprint density at radius 2 is 2.21 bits per heavy atom. The largest absolute Gasteiger partial charge is 0.478 e. The zero-order valence-corrected chi connectivity index (χ0v) is 8.22. The van der Waals surface area contributed by atoms with Crippen molar-refractivity contribution in [3.63, 3.8) is 0 Å². The van der Waals surface area contributed by atoms with Crippen molar-refractivity contribution < 1.29 is 19.8 Å². The van der Waals surface area contributed by atoms with Crippen LogP contribution in [0.2, 0.25) is 0 Å². The molecule has 0 aliphatic carbocycles. The average Bonchev–Trinajstić information content (AvgIpc) is 2.07. The molecule has 0 saturated carbocycles. The smallest absolute Gasteiger partial charge is 0.338 e. The Morgan fingerprint density at radius 1 is 1.57 bits per heavy atom. The molecule has 0 saturated heterocycles. The van der Waals surface area contributed by atoms with Crippen molar-refractivity contribution in [3.8, 4) is 5.75 Å². The van der Waals surface area contributed by atoms with E-state index >= 15 is 0 Å². The van der Waals surface area contributed by atoms with Crippen LogP contribution in [0.25, 0.3) is 0 Å². The Hall–Kier alpha value is -1.63. The fraction of sp³-hybridized carbons (Fsp3) is 0. The number of rotatable bonds is 3. The highest BCUT2D eigenvalue weighted by molar-refractivity contribution is 9.10. The van der Waals surface area contributed by atoms with Gasteiger partial charge in [-0.2, -0.15) is 0 Å². The Labute approximate surface area is 86.3 Å². The lowest BCUT2D eigenvalue weighted by Gasteiger charge is -2.04. The molecule has 6 nitrogen and oxygen atoms in total. The quantitative estimate of drug-likeness (QED) is 0.661. The highest BCUT2D eigenvalue weighted by atomic mass is 79.9. The van der Waals surface area contributed by atoms with E-state index < -0.39 is 11.1 Å². The van der Waals surface area contributed by atoms with Gasteiger partial charge in [-0.05, 0) is 28.1 Å². The third kappa shape index (κ3) is 2.19. The van der Waals surface area contributed by atoms with Crippen LogP contribution in [0.3, 0.4) is 0 Å². The molecule has 0 aliphatic heterocycles. The van der Waals surface area contributed by atoms with Gasteiger partial charge in [0.2, 0.25) is 0 Å². The summed E-state index contributed by atoms with van der Waals surface area (Å²) in [6.45, 7) is 0. The van der Waals surface area contributed by atoms with E-state index in [2.05, 4.69) is 20.8 Å². The molecule has 1 rings (SSSR count). The highest BCUT2D eigenvalue weighted by Gasteiger charge is 2.15. The SMILES string of the molecule is O=C(O)c1cccc(Br)c1O[N+](=O)[O-]. The predicted octanol–water partition coefficient (Wildman–Crippen LogP) is 1.72. The van der Waals surface area contributed by atoms with Gasteiger partial charge >= 0.3 is 5.97 Å². The Balaban J connectivity index is 3.22. The second-order valence-electron chi connectivity index (χ2n) is 2.24. The molecular weight excluding hydrogens is 258 g/mol. The molecule has 0 aromatic heterocycles. The minimum Gasteiger partial charge on any atom is -0.478 e. The van der Waals surface area contributed by atoms with Crippen LogP contribution < -0.4 is 4.84 Å². The maximum atomic E-state index is 10.6. The van der Waals surface area contributed by atoms with E-state index in [1.54, 1.807) is 0 Å². The summed E-state index contributed by atoms with van der Waals surface area (Å²) in [5, 5.41) is 17.7. The van der Waals surface area contributed by atoms with Crippen LogP contribution >= 0.6 is 15.9 Å². The molecule has 1 N–H and O–H groups in total. The van der Waals surface area contributed by atoms with Crippen molar-refractivity contribution in [2.45, 2.75) is 0 Å². The molecule has 14 heavy (non-hydrogen) atoms. The van der Waals surface area contributed by atoms with E-state index in [0.717, 1.165) is 0 Å². The minimum atomic E-state index is -1.29. The van der Waals surface area contributed by atoms with Gasteiger partial charge in [-0.3, -0.25) is 4.84 Å². The lowest BCUT2D eigenvalue weighted by molar-refractivity contribution is -0.711. The first kappa shape index (κ1) is 10.5. The summed E-state index contributed by atoms with van der Waals surface area (Å²) in [5.41, 5.74) is -0.268. The van der Waals surface area contributed by atoms with E-state index in [4.69, 9.17) is 5.11 Å². The normalized spacial score (nSPS) is 9.50. The molecule has 0 aliphatic rings. The van der Waals surface area contributed by atoms with Gasteiger partial charge in [-0.1, -0.05) is 6.07 Å². The number of aromatic carboxylic acids is 1. The molecule has 0 fully saturated rings. The van der Waals surface area contributed by atoms with Crippen molar-refractivity contribution in [2.24, 2.45) is 0 Å². The van der Waals surface area contributed by atoms with Gasteiger partial charge in [0.05, 0.1) is 5.56 Å². The first-order chi connectivity index (χ1) is 6.52. The van der Waals surface area contributed by atoms with E-state index in [-0.39, 0.29) is 15.8 Å². The van der Waals surface area contributed by atoms with Crippen LogP contribution in [0.4, 0.5) is 0 Å². The zero-order valence-electron chi connectivity index (χ0n) is 6.64. The summed E-state index contributed by atoms with van der Waals surface area (Å²) >= 11 is 2.95. The summed E-state index contributed by atoms with van der Waals surface area (Å²) < 4.78 is 0.217. The van der Waals surface area contributed by atoms with Crippen molar-refractivity contribution in [1.29, 1.82) is 0 Å². The molecule has 0 unspecified atom stereocenters. The Kier molecular flexibility index (Phi) is 3.03. The molecule has 1 aromatic rings. The van der Waals surface area contributed by atoms with Crippen LogP contribution in [0.15, 0.2) is 22.7 Å². The van der Waals surface area contributed by atoms with Gasteiger partial charge in [-0.15, -0.1) is 10.1 Å². The van der Waals surface area contributed by atoms with Crippen molar-refractivity contribution >= 4 is 21.9 Å². The van der Waals surface area contributed by atoms with Gasteiger partial charge in [0, 0.05) is 4.47 Å². The van der Waals surface area contributed by atoms with Crippen molar-refractivity contribution in [3.05, 3.63) is 38.3 Å². The minimum absolute atomic E-state index is 0.217. The molecule has 0 atom stereocenters. The third-order valence-electron chi connectivity index (χ3n) is 1.36. The zero-order chi connectivity index (χ0) is 10.7. The van der Waals surface area contributed by atoms with Crippen LogP contribution in [-0.4, -0.2) is 16.2 Å². The van der Waals surface area contributed by atoms with E-state index in [1.165, 1.54) is 18.2 Å². The first-order valence-corrected chi connectivity index (χ1v) is 4.16. The van der Waals surface area contributed by atoms with E-state index in [9.17, 15) is 14.9 Å². The molecule has 0 spiro atoms. The van der Waals surface area contributed by atoms with Gasteiger partial charge in [0.25, 0.3) is 5.09 Å². The van der Waals surface area contributed by atoms with Crippen molar-refractivity contribution in [2.75, 3.05) is 0 Å². The lowest BCUT2D eigenvalue weighted by atomic mass is 10.2. The number of hydrogen-bond donors (Lipinski definition) is 1. The molecule has 1 aromatic carbocycles. The number of halogens is 1. The Morgan fingerprint density at radius 3 is 2.71 bits per heavy atom. The topological polar surface area (TPSA) is 89.7 Å². The number of benzene rings is 1. The van der Waals surface area contributed by atoms with Gasteiger partial charge < -0.3 is 5.11 Å². The summed E-state index contributed by atoms with van der Waals surface area (Å²) in [6.07, 6.45) is 0. The monoisotopic (exact) mass is 261 g/mol. The summed E-state index contributed by atoms with van der Waals surface area (Å²) in [7, 11) is 0. The second-order valence-corrected chi connectivity index (χ2v) is 3.09. The Bertz CT molecular complexity index is 392. The first-order valence-electron chi connectivity index (χ1n) is 3.36. The molecule has 0 bridgehead atoms. The van der Waals surface area contributed by atoms with Crippen LogP contribution in [0.1, 0.15) is 10.4 Å². The lowest BCUT2D eigenvalue weighted by Crippen LogP contribution is -2.09. The van der Waals surface area contributed by atoms with Crippen LogP contribution in [0, 0.1) is 10.1 Å². The molecule has 0 heterocycles. The van der Waals surface area contributed by atoms with Gasteiger partial charge in [-0.25, -0.2) is 4.79 Å². The van der Waals surface area contributed by atoms with Crippen molar-refractivity contribution in [1.82, 2.24) is 0 Å². The number of para-hydroxylation sites is 1. The predicted molar refractivity (Wildman–Crippen MR) is 48.7 cm³/mol. The fourth-order valence-electron chi connectivity index (χ4n) is 0.845. The standard InChI is InChI=1S/C7H4BrNO5/c8-5-3-1-2-4(7(10)11)6(5)14-9(12)13/h1-3H,(H,10,11). The van der Waals surface area contributed by atoms with E-state index in [0.29, 0.717) is 0 Å². The maximum Gasteiger partial charge on any atom is 0.338 e. The summed E-state index contributed by atoms with van der Waals surface area (Å²) in [5.74, 6) is -1.60. The molecule has 0 amide bonds. The fourth-order valence-corrected chi connectivity index (χ4v) is 1.28. The van der Waals surface area contributed by atoms with Gasteiger partial charge in [0.15, 0.2) is 5.75 Å². The average molecular weight is 262 g/mol. The number of hydrogen-bond acceptors (Lipinski definition) is 4. The van der Waals surface area contributed by atoms with Crippen LogP contribution in [-0.2, 0) is 0 Å². The van der Waals surface area contributed by atoms with Crippen LogP contribution in [0.5, 0.6) is 5.75 Å². The number of carbonyl (C=O) groups is 1. The maximum absolute atomic E-state index is 10.6. The molecule has 74 valence electrons. The molecule has 7 heteroatoms. The number of carboxylic acid groups (broad SMARTS) is 1.